The summed E-state index contributed by atoms with van der Waals surface area (Å²) in [4.78, 5) is 0. The Balaban J connectivity index is 2.88. The van der Waals surface area contributed by atoms with Crippen LogP contribution in [0.3, 0.4) is 0 Å². The van der Waals surface area contributed by atoms with E-state index in [1.807, 2.05) is 12.1 Å². The molecule has 0 bridgehead atoms. The number of rotatable bonds is 1. The molecule has 1 rings (SSSR count). The molecule has 9 heavy (non-hydrogen) atoms. The summed E-state index contributed by atoms with van der Waals surface area (Å²) in [5, 5.41) is 0. The third-order valence-electron chi connectivity index (χ3n) is 1.12. The van der Waals surface area contributed by atoms with Crippen LogP contribution < -0.4 is 8.01 Å². The third kappa shape index (κ3) is 1.94. The van der Waals surface area contributed by atoms with Gasteiger partial charge >= 0.3 is 69.9 Å². The molecular weight excluding hydrogens is 309 g/mol. The maximum absolute atomic E-state index is 4.99. The summed E-state index contributed by atoms with van der Waals surface area (Å²) in [5.41, 5.74) is 0. The second-order valence-electron chi connectivity index (χ2n) is 1.77. The molecule has 0 aliphatic rings. The molecule has 0 spiro atoms. The molecule has 0 fully saturated rings. The van der Waals surface area contributed by atoms with Crippen molar-refractivity contribution in [1.29, 1.82) is 0 Å². The van der Waals surface area contributed by atoms with Gasteiger partial charge in [-0.05, 0) is 0 Å². The summed E-state index contributed by atoms with van der Waals surface area (Å²) < 4.78 is 6.41. The summed E-state index contributed by atoms with van der Waals surface area (Å²) in [7, 11) is 1.68. The Morgan fingerprint density at radius 1 is 1.22 bits per heavy atom. The zero-order valence-electron chi connectivity index (χ0n) is 5.29. The van der Waals surface area contributed by atoms with Gasteiger partial charge in [-0.3, -0.25) is 0 Å². The van der Waals surface area contributed by atoms with Gasteiger partial charge in [0.25, 0.3) is 0 Å². The molecule has 0 saturated carbocycles. The molecule has 0 N–H and O–H groups in total. The van der Waals surface area contributed by atoms with Crippen molar-refractivity contribution in [2.24, 2.45) is 0 Å². The van der Waals surface area contributed by atoms with E-state index < -0.39 is 0 Å². The van der Waals surface area contributed by atoms with Gasteiger partial charge in [0, 0.05) is 0 Å². The molecule has 1 aromatic rings. The van der Waals surface area contributed by atoms with Crippen LogP contribution in [0.1, 0.15) is 0 Å². The Hall–Kier alpha value is -0.0969. The van der Waals surface area contributed by atoms with Crippen LogP contribution in [-0.4, -0.2) is 31.8 Å². The standard InChI is InChI=1S/C7H7O.Bi.2H/c1-8-7-5-3-2-4-6-7;;;/h3-6H,1H3;;;. The van der Waals surface area contributed by atoms with Crippen LogP contribution in [0, 0.1) is 0 Å². The molecule has 0 heterocycles. The maximum atomic E-state index is 4.99. The molecule has 0 unspecified atom stereocenters. The van der Waals surface area contributed by atoms with E-state index in [1.165, 1.54) is 3.27 Å². The molecule has 0 saturated heterocycles. The summed E-state index contributed by atoms with van der Waals surface area (Å²) in [6.07, 6.45) is 0. The van der Waals surface area contributed by atoms with E-state index in [4.69, 9.17) is 4.74 Å². The minimum atomic E-state index is 0.931. The van der Waals surface area contributed by atoms with E-state index >= 15 is 0 Å². The quantitative estimate of drug-likeness (QED) is 0.660. The fourth-order valence-corrected chi connectivity index (χ4v) is 1.35. The summed E-state index contributed by atoms with van der Waals surface area (Å²) in [5.74, 6) is 0.944. The van der Waals surface area contributed by atoms with Crippen molar-refractivity contribution in [2.75, 3.05) is 7.11 Å². The zero-order valence-corrected chi connectivity index (χ0v) is 9.78. The molecule has 1 aromatic carbocycles. The minimum absolute atomic E-state index is 0.931. The predicted molar refractivity (Wildman–Crippen MR) is 41.2 cm³/mol. The SMILES string of the molecule is COc1cc[c]([BiH2])cc1. The van der Waals surface area contributed by atoms with E-state index in [-0.39, 0.29) is 0 Å². The zero-order chi connectivity index (χ0) is 6.69. The molecule has 0 aromatic heterocycles. The Kier molecular flexibility index (Phi) is 2.47. The van der Waals surface area contributed by atoms with Gasteiger partial charge in [0.05, 0.1) is 0 Å². The number of hydrogen-bond acceptors (Lipinski definition) is 1. The molecular formula is C7H9BiO. The topological polar surface area (TPSA) is 9.23 Å². The third-order valence-corrected chi connectivity index (χ3v) is 2.61. The van der Waals surface area contributed by atoms with Gasteiger partial charge in [0.2, 0.25) is 0 Å². The molecule has 48 valence electrons. The van der Waals surface area contributed by atoms with Crippen molar-refractivity contribution < 1.29 is 4.74 Å². The second kappa shape index (κ2) is 3.17. The van der Waals surface area contributed by atoms with Crippen molar-refractivity contribution in [1.82, 2.24) is 0 Å². The van der Waals surface area contributed by atoms with Gasteiger partial charge in [-0.15, -0.1) is 0 Å². The van der Waals surface area contributed by atoms with Crippen molar-refractivity contribution in [3.05, 3.63) is 24.3 Å². The molecule has 0 atom stereocenters. The summed E-state index contributed by atoms with van der Waals surface area (Å²) in [6, 6.07) is 8.19. The Bertz CT molecular complexity index is 181. The van der Waals surface area contributed by atoms with Crippen LogP contribution in [0.25, 0.3) is 0 Å². The van der Waals surface area contributed by atoms with Gasteiger partial charge in [0.1, 0.15) is 0 Å². The van der Waals surface area contributed by atoms with Crippen molar-refractivity contribution in [3.8, 4) is 5.75 Å². The van der Waals surface area contributed by atoms with Crippen molar-refractivity contribution in [2.45, 2.75) is 0 Å². The van der Waals surface area contributed by atoms with E-state index in [1.54, 1.807) is 7.11 Å². The van der Waals surface area contributed by atoms with Gasteiger partial charge < -0.3 is 0 Å². The van der Waals surface area contributed by atoms with Crippen molar-refractivity contribution in [3.63, 3.8) is 0 Å². The first-order valence-corrected chi connectivity index (χ1v) is 4.97. The van der Waals surface area contributed by atoms with Crippen LogP contribution in [0.2, 0.25) is 0 Å². The van der Waals surface area contributed by atoms with Crippen LogP contribution in [-0.2, 0) is 0 Å². The average Bonchev–Trinajstić information content (AvgIpc) is 1.90. The van der Waals surface area contributed by atoms with Crippen LogP contribution in [0.15, 0.2) is 24.3 Å². The van der Waals surface area contributed by atoms with Crippen LogP contribution >= 0.6 is 0 Å². The predicted octanol–water partition coefficient (Wildman–Crippen LogP) is -0.0464. The number of benzene rings is 1. The second-order valence-corrected chi connectivity index (χ2v) is 4.36. The first-order valence-electron chi connectivity index (χ1n) is 2.72. The molecule has 0 aliphatic heterocycles. The van der Waals surface area contributed by atoms with Gasteiger partial charge in [0.15, 0.2) is 0 Å². The molecule has 1 nitrogen and oxygen atoms in total. The van der Waals surface area contributed by atoms with Gasteiger partial charge in [-0.25, -0.2) is 0 Å². The summed E-state index contributed by atoms with van der Waals surface area (Å²) in [6.45, 7) is 0. The molecule has 2 heteroatoms. The first-order chi connectivity index (χ1) is 4.33. The Morgan fingerprint density at radius 3 is 2.22 bits per heavy atom. The Labute approximate surface area is 69.9 Å². The monoisotopic (exact) mass is 318 g/mol. The normalized spacial score (nSPS) is 9.11. The fraction of sp³-hybridized carbons (Fsp3) is 0.143. The van der Waals surface area contributed by atoms with E-state index in [0.29, 0.717) is 0 Å². The number of methoxy groups -OCH3 is 1. The van der Waals surface area contributed by atoms with Crippen LogP contribution in [0.4, 0.5) is 0 Å². The fourth-order valence-electron chi connectivity index (χ4n) is 0.604. The van der Waals surface area contributed by atoms with Gasteiger partial charge in [-0.2, -0.15) is 0 Å². The first kappa shape index (κ1) is 7.02. The number of hydrogen-bond donors (Lipinski definition) is 0. The van der Waals surface area contributed by atoms with Crippen LogP contribution in [0.5, 0.6) is 5.75 Å². The number of ether oxygens (including phenoxy) is 1. The molecule has 0 radical (unpaired) electrons. The van der Waals surface area contributed by atoms with Gasteiger partial charge in [-0.1, -0.05) is 0 Å². The van der Waals surface area contributed by atoms with E-state index in [2.05, 4.69) is 12.1 Å². The molecule has 0 aliphatic carbocycles. The summed E-state index contributed by atoms with van der Waals surface area (Å²) >= 11 is 0.931. The molecule has 0 amide bonds. The average molecular weight is 318 g/mol. The van der Waals surface area contributed by atoms with E-state index in [9.17, 15) is 0 Å². The van der Waals surface area contributed by atoms with Crippen molar-refractivity contribution >= 4 is 28.0 Å². The van der Waals surface area contributed by atoms with E-state index in [0.717, 1.165) is 30.5 Å². The Morgan fingerprint density at radius 2 is 1.78 bits per heavy atom.